The maximum absolute atomic E-state index is 13.2. The molecule has 0 saturated carbocycles. The molecule has 0 aliphatic heterocycles. The summed E-state index contributed by atoms with van der Waals surface area (Å²) in [6, 6.07) is -1.86. The Balaban J connectivity index is 3.16. The topological polar surface area (TPSA) is 313 Å². The van der Waals surface area contributed by atoms with E-state index in [1.54, 1.807) is 13.8 Å². The number of rotatable bonds is 19. The van der Waals surface area contributed by atoms with Crippen LogP contribution in [0, 0.1) is 5.92 Å². The van der Waals surface area contributed by atoms with Crippen molar-refractivity contribution in [3.05, 3.63) is 29.8 Å². The lowest BCUT2D eigenvalue weighted by Gasteiger charge is -2.28. The number of nitrogens with two attached hydrogens (primary N) is 2. The second kappa shape index (κ2) is 18.9. The number of phenolic OH excluding ortho intramolecular Hbond substituents is 1. The number of carbonyl (C=O) groups excluding carboxylic acids is 6. The molecule has 18 nitrogen and oxygen atoms in total. The minimum atomic E-state index is -1.71. The fourth-order valence-electron chi connectivity index (χ4n) is 3.94. The number of carbonyl (C=O) groups is 7. The summed E-state index contributed by atoms with van der Waals surface area (Å²) in [4.78, 5) is 87.3. The van der Waals surface area contributed by atoms with E-state index in [0.717, 1.165) is 0 Å². The van der Waals surface area contributed by atoms with Gasteiger partial charge in [-0.2, -0.15) is 0 Å². The number of carboxylic acids is 1. The third-order valence-electron chi connectivity index (χ3n) is 6.89. The van der Waals surface area contributed by atoms with Crippen molar-refractivity contribution in [1.82, 2.24) is 26.6 Å². The van der Waals surface area contributed by atoms with Gasteiger partial charge in [0.15, 0.2) is 0 Å². The van der Waals surface area contributed by atoms with Gasteiger partial charge in [0.05, 0.1) is 19.1 Å². The zero-order chi connectivity index (χ0) is 35.1. The van der Waals surface area contributed by atoms with Crippen LogP contribution in [0.15, 0.2) is 24.3 Å². The first-order valence-electron chi connectivity index (χ1n) is 14.3. The average Bonchev–Trinajstić information content (AvgIpc) is 2.99. The van der Waals surface area contributed by atoms with E-state index >= 15 is 0 Å². The predicted molar refractivity (Wildman–Crippen MR) is 160 cm³/mol. The number of primary amides is 1. The van der Waals surface area contributed by atoms with E-state index in [0.29, 0.717) is 12.0 Å². The molecule has 0 saturated heterocycles. The average molecular weight is 654 g/mol. The van der Waals surface area contributed by atoms with Crippen molar-refractivity contribution >= 4 is 41.4 Å². The Bertz CT molecular complexity index is 1240. The first-order chi connectivity index (χ1) is 21.5. The second-order valence-corrected chi connectivity index (χ2v) is 10.7. The molecule has 13 N–H and O–H groups in total. The van der Waals surface area contributed by atoms with E-state index in [1.807, 2.05) is 0 Å². The molecule has 0 aliphatic rings. The normalized spacial score (nSPS) is 15.4. The highest BCUT2D eigenvalue weighted by molar-refractivity contribution is 5.97. The molecule has 1 rings (SSSR count). The molecule has 0 aliphatic carbocycles. The van der Waals surface area contributed by atoms with Gasteiger partial charge >= 0.3 is 5.97 Å². The van der Waals surface area contributed by atoms with E-state index in [2.05, 4.69) is 26.6 Å². The zero-order valence-corrected chi connectivity index (χ0v) is 25.7. The van der Waals surface area contributed by atoms with E-state index < -0.39 is 103 Å². The number of phenols is 1. The molecule has 18 heteroatoms. The number of hydrogen-bond acceptors (Lipinski definition) is 11. The van der Waals surface area contributed by atoms with Gasteiger partial charge in [-0.1, -0.05) is 32.4 Å². The number of aliphatic carboxylic acids is 1. The molecule has 0 fully saturated rings. The molecular formula is C28H43N7O11. The van der Waals surface area contributed by atoms with E-state index in [4.69, 9.17) is 16.6 Å². The van der Waals surface area contributed by atoms with Crippen molar-refractivity contribution in [3.8, 4) is 5.75 Å². The molecule has 6 amide bonds. The first-order valence-corrected chi connectivity index (χ1v) is 14.3. The number of aliphatic hydroxyl groups is 2. The standard InChI is InChI=1S/C28H43N7O11/c1-4-13(2)23(35-27(45)22(30)14(3)37)28(46)34-19(12-36)26(44)33-18(10-20(29)39)25(43)32-17(24(42)31-11-21(40)41)9-15-5-7-16(38)8-6-15/h5-8,13-14,17-19,22-23,36-38H,4,9-12,30H2,1-3H3,(H2,29,39)(H,31,42)(H,32,43)(H,33,44)(H,34,46)(H,35,45)(H,40,41)/t13-,14+,17-,18-,19-,22-,23-/m0/s1. The monoisotopic (exact) mass is 653 g/mol. The smallest absolute Gasteiger partial charge is 0.322 e. The minimum absolute atomic E-state index is 0.0735. The lowest BCUT2D eigenvalue weighted by atomic mass is 9.97. The highest BCUT2D eigenvalue weighted by Gasteiger charge is 2.34. The Morgan fingerprint density at radius 1 is 0.804 bits per heavy atom. The van der Waals surface area contributed by atoms with Crippen LogP contribution in [0.2, 0.25) is 0 Å². The number of aliphatic hydroxyl groups excluding tert-OH is 2. The Hall–Kier alpha value is -4.81. The molecule has 46 heavy (non-hydrogen) atoms. The van der Waals surface area contributed by atoms with Gasteiger partial charge in [-0.15, -0.1) is 0 Å². The first kappa shape index (κ1) is 39.2. The second-order valence-electron chi connectivity index (χ2n) is 10.7. The number of nitrogens with one attached hydrogen (secondary N) is 5. The van der Waals surface area contributed by atoms with Gasteiger partial charge in [-0.25, -0.2) is 0 Å². The minimum Gasteiger partial charge on any atom is -0.508 e. The van der Waals surface area contributed by atoms with Crippen LogP contribution in [-0.4, -0.2) is 111 Å². The fraction of sp³-hybridized carbons (Fsp3) is 0.536. The van der Waals surface area contributed by atoms with Crippen molar-refractivity contribution in [2.45, 2.75) is 76.3 Å². The molecule has 0 heterocycles. The molecule has 0 bridgehead atoms. The van der Waals surface area contributed by atoms with E-state index in [-0.39, 0.29) is 12.2 Å². The molecule has 0 aromatic heterocycles. The molecule has 0 radical (unpaired) electrons. The molecular weight excluding hydrogens is 610 g/mol. The Labute approximate surface area is 264 Å². The molecule has 256 valence electrons. The van der Waals surface area contributed by atoms with Crippen LogP contribution in [0.25, 0.3) is 0 Å². The van der Waals surface area contributed by atoms with E-state index in [9.17, 15) is 48.9 Å². The molecule has 7 atom stereocenters. The van der Waals surface area contributed by atoms with Gasteiger partial charge in [0, 0.05) is 6.42 Å². The SMILES string of the molecule is CC[C@H](C)[C@H](NC(=O)[C@@H](N)[C@@H](C)O)C(=O)N[C@@H](CO)C(=O)N[C@@H](CC(N)=O)C(=O)N[C@@H](Cc1ccc(O)cc1)C(=O)NCC(=O)O. The van der Waals surface area contributed by atoms with Crippen molar-refractivity contribution in [1.29, 1.82) is 0 Å². The van der Waals surface area contributed by atoms with Crippen LogP contribution in [0.5, 0.6) is 5.75 Å². The summed E-state index contributed by atoms with van der Waals surface area (Å²) >= 11 is 0. The van der Waals surface area contributed by atoms with Crippen molar-refractivity contribution in [2.24, 2.45) is 17.4 Å². The van der Waals surface area contributed by atoms with Crippen molar-refractivity contribution in [2.75, 3.05) is 13.2 Å². The number of hydrogen-bond donors (Lipinski definition) is 11. The lowest BCUT2D eigenvalue weighted by molar-refractivity contribution is -0.139. The van der Waals surface area contributed by atoms with Crippen molar-refractivity contribution < 1.29 is 54.0 Å². The summed E-state index contributed by atoms with van der Waals surface area (Å²) in [5.41, 5.74) is 11.4. The number of amides is 6. The largest absolute Gasteiger partial charge is 0.508 e. The molecule has 1 aromatic rings. The highest BCUT2D eigenvalue weighted by atomic mass is 16.4. The van der Waals surface area contributed by atoms with Crippen LogP contribution in [0.1, 0.15) is 39.2 Å². The lowest BCUT2D eigenvalue weighted by Crippen LogP contribution is -2.61. The Kier molecular flexibility index (Phi) is 16.1. The Morgan fingerprint density at radius 3 is 1.85 bits per heavy atom. The summed E-state index contributed by atoms with van der Waals surface area (Å²) < 4.78 is 0. The zero-order valence-electron chi connectivity index (χ0n) is 25.7. The van der Waals surface area contributed by atoms with Crippen LogP contribution >= 0.6 is 0 Å². The van der Waals surface area contributed by atoms with E-state index in [1.165, 1.54) is 31.2 Å². The van der Waals surface area contributed by atoms with Gasteiger partial charge < -0.3 is 58.5 Å². The van der Waals surface area contributed by atoms with Gasteiger partial charge in [-0.3, -0.25) is 33.6 Å². The third-order valence-corrected chi connectivity index (χ3v) is 6.89. The molecule has 1 aromatic carbocycles. The molecule has 0 spiro atoms. The third kappa shape index (κ3) is 13.0. The number of carboxylic acid groups (broad SMARTS) is 1. The summed E-state index contributed by atoms with van der Waals surface area (Å²) in [6.45, 7) is 2.89. The van der Waals surface area contributed by atoms with Gasteiger partial charge in [0.25, 0.3) is 0 Å². The van der Waals surface area contributed by atoms with Crippen LogP contribution in [-0.2, 0) is 40.0 Å². The van der Waals surface area contributed by atoms with Crippen LogP contribution in [0.4, 0.5) is 0 Å². The van der Waals surface area contributed by atoms with Crippen LogP contribution < -0.4 is 38.1 Å². The van der Waals surface area contributed by atoms with Gasteiger partial charge in [0.1, 0.15) is 42.5 Å². The summed E-state index contributed by atoms with van der Waals surface area (Å²) in [6.07, 6.45) is -1.79. The maximum Gasteiger partial charge on any atom is 0.322 e. The van der Waals surface area contributed by atoms with Crippen molar-refractivity contribution in [3.63, 3.8) is 0 Å². The summed E-state index contributed by atoms with van der Waals surface area (Å²) in [5.74, 6) is -7.82. The number of aromatic hydroxyl groups is 1. The highest BCUT2D eigenvalue weighted by Crippen LogP contribution is 2.12. The van der Waals surface area contributed by atoms with Gasteiger partial charge in [0.2, 0.25) is 35.4 Å². The Morgan fingerprint density at radius 2 is 1.35 bits per heavy atom. The molecule has 0 unspecified atom stereocenters. The predicted octanol–water partition coefficient (Wildman–Crippen LogP) is -4.30. The van der Waals surface area contributed by atoms with Crippen LogP contribution in [0.3, 0.4) is 0 Å². The summed E-state index contributed by atoms with van der Waals surface area (Å²) in [7, 11) is 0. The van der Waals surface area contributed by atoms with Gasteiger partial charge in [-0.05, 0) is 30.5 Å². The maximum atomic E-state index is 13.2. The quantitative estimate of drug-likeness (QED) is 0.0676. The summed E-state index contributed by atoms with van der Waals surface area (Å²) in [5, 5.41) is 49.3. The number of benzene rings is 1. The fourth-order valence-corrected chi connectivity index (χ4v) is 3.94.